The number of aryl methyl sites for hydroxylation is 1. The molecule has 1 saturated carbocycles. The third kappa shape index (κ3) is 2.41. The Balaban J connectivity index is 1.90. The quantitative estimate of drug-likeness (QED) is 0.859. The highest BCUT2D eigenvalue weighted by atomic mass is 32.1. The Morgan fingerprint density at radius 1 is 1.43 bits per heavy atom. The first-order valence-corrected chi connectivity index (χ1v) is 7.75. The molecule has 9 heteroatoms. The molecule has 1 aliphatic rings. The van der Waals surface area contributed by atoms with Crippen molar-refractivity contribution >= 4 is 17.5 Å². The zero-order chi connectivity index (χ0) is 14.9. The van der Waals surface area contributed by atoms with Gasteiger partial charge in [0, 0.05) is 0 Å². The normalized spacial score (nSPS) is 16.6. The average molecular weight is 308 g/mol. The van der Waals surface area contributed by atoms with Gasteiger partial charge in [-0.2, -0.15) is 0 Å². The second-order valence-corrected chi connectivity index (χ2v) is 6.15. The van der Waals surface area contributed by atoms with E-state index in [1.54, 1.807) is 4.68 Å². The lowest BCUT2D eigenvalue weighted by Crippen LogP contribution is -2.42. The number of carbonyl (C=O) groups is 1. The molecule has 21 heavy (non-hydrogen) atoms. The zero-order valence-corrected chi connectivity index (χ0v) is 12.5. The standard InChI is InChI=1S/C12H16N6O2S/c1-2-4-8-9(21-17-13-8)10-14-15-16-18(10)7-12(11(19)20)5-3-6-12/h2-7H2,1H3,(H,19,20). The van der Waals surface area contributed by atoms with Crippen LogP contribution >= 0.6 is 11.5 Å². The molecule has 1 fully saturated rings. The highest BCUT2D eigenvalue weighted by Crippen LogP contribution is 2.43. The molecule has 0 aromatic carbocycles. The molecule has 112 valence electrons. The van der Waals surface area contributed by atoms with E-state index in [1.165, 1.54) is 11.5 Å². The highest BCUT2D eigenvalue weighted by molar-refractivity contribution is 7.09. The maximum Gasteiger partial charge on any atom is 0.311 e. The van der Waals surface area contributed by atoms with E-state index >= 15 is 0 Å². The van der Waals surface area contributed by atoms with Crippen LogP contribution in [0.15, 0.2) is 0 Å². The summed E-state index contributed by atoms with van der Waals surface area (Å²) in [6.45, 7) is 2.37. The fraction of sp³-hybridized carbons (Fsp3) is 0.667. The summed E-state index contributed by atoms with van der Waals surface area (Å²) >= 11 is 1.25. The predicted octanol–water partition coefficient (Wildman–Crippen LogP) is 1.40. The first-order valence-electron chi connectivity index (χ1n) is 6.97. The number of aliphatic carboxylic acids is 1. The van der Waals surface area contributed by atoms with Gasteiger partial charge in [-0.15, -0.1) is 10.2 Å². The van der Waals surface area contributed by atoms with Crippen LogP contribution in [0.4, 0.5) is 0 Å². The van der Waals surface area contributed by atoms with Gasteiger partial charge in [-0.05, 0) is 41.2 Å². The summed E-state index contributed by atoms with van der Waals surface area (Å²) in [7, 11) is 0. The molecule has 2 heterocycles. The van der Waals surface area contributed by atoms with Gasteiger partial charge >= 0.3 is 5.97 Å². The molecule has 0 bridgehead atoms. The molecular weight excluding hydrogens is 292 g/mol. The van der Waals surface area contributed by atoms with Crippen molar-refractivity contribution in [2.24, 2.45) is 5.41 Å². The van der Waals surface area contributed by atoms with Crippen molar-refractivity contribution in [1.29, 1.82) is 0 Å². The Bertz CT molecular complexity index is 648. The highest BCUT2D eigenvalue weighted by Gasteiger charge is 2.45. The van der Waals surface area contributed by atoms with Crippen molar-refractivity contribution in [1.82, 2.24) is 29.8 Å². The number of carboxylic acid groups (broad SMARTS) is 1. The molecule has 3 rings (SSSR count). The number of carboxylic acids is 1. The minimum Gasteiger partial charge on any atom is -0.481 e. The molecule has 0 amide bonds. The molecule has 1 aliphatic carbocycles. The summed E-state index contributed by atoms with van der Waals surface area (Å²) in [6.07, 6.45) is 4.05. The Morgan fingerprint density at radius 2 is 2.24 bits per heavy atom. The Kier molecular flexibility index (Phi) is 3.66. The van der Waals surface area contributed by atoms with Crippen LogP contribution < -0.4 is 0 Å². The lowest BCUT2D eigenvalue weighted by atomic mass is 9.69. The molecule has 0 spiro atoms. The molecule has 0 atom stereocenters. The minimum atomic E-state index is -0.772. The number of hydrogen-bond acceptors (Lipinski definition) is 7. The van der Waals surface area contributed by atoms with Gasteiger partial charge in [-0.1, -0.05) is 24.3 Å². The van der Waals surface area contributed by atoms with Crippen LogP contribution in [0.3, 0.4) is 0 Å². The summed E-state index contributed by atoms with van der Waals surface area (Å²) in [5.41, 5.74) is 0.143. The summed E-state index contributed by atoms with van der Waals surface area (Å²) in [4.78, 5) is 12.3. The van der Waals surface area contributed by atoms with Gasteiger partial charge < -0.3 is 5.11 Å². The van der Waals surface area contributed by atoms with Crippen LogP contribution in [-0.2, 0) is 17.8 Å². The van der Waals surface area contributed by atoms with Crippen LogP contribution in [-0.4, -0.2) is 40.9 Å². The van der Waals surface area contributed by atoms with E-state index in [4.69, 9.17) is 0 Å². The van der Waals surface area contributed by atoms with Gasteiger partial charge in [0.2, 0.25) is 0 Å². The van der Waals surface area contributed by atoms with Crippen LogP contribution in [0, 0.1) is 5.41 Å². The van der Waals surface area contributed by atoms with Crippen molar-refractivity contribution < 1.29 is 9.90 Å². The second kappa shape index (κ2) is 5.47. The van der Waals surface area contributed by atoms with Gasteiger partial charge in [0.05, 0.1) is 17.7 Å². The SMILES string of the molecule is CCCc1nnsc1-c1nnnn1CC1(C(=O)O)CCC1. The van der Waals surface area contributed by atoms with Gasteiger partial charge in [-0.3, -0.25) is 4.79 Å². The van der Waals surface area contributed by atoms with Gasteiger partial charge in [-0.25, -0.2) is 4.68 Å². The summed E-state index contributed by atoms with van der Waals surface area (Å²) in [6, 6.07) is 0. The lowest BCUT2D eigenvalue weighted by Gasteiger charge is -2.37. The number of aromatic nitrogens is 6. The second-order valence-electron chi connectivity index (χ2n) is 5.40. The maximum absolute atomic E-state index is 11.5. The van der Waals surface area contributed by atoms with Gasteiger partial charge in [0.1, 0.15) is 4.88 Å². The van der Waals surface area contributed by atoms with Gasteiger partial charge in [0.25, 0.3) is 0 Å². The van der Waals surface area contributed by atoms with E-state index in [0.29, 0.717) is 25.2 Å². The van der Waals surface area contributed by atoms with Crippen molar-refractivity contribution in [2.45, 2.75) is 45.6 Å². The lowest BCUT2D eigenvalue weighted by molar-refractivity contribution is -0.156. The summed E-state index contributed by atoms with van der Waals surface area (Å²) < 4.78 is 5.55. The van der Waals surface area contributed by atoms with Crippen LogP contribution in [0.1, 0.15) is 38.3 Å². The van der Waals surface area contributed by atoms with E-state index in [1.807, 2.05) is 0 Å². The smallest absolute Gasteiger partial charge is 0.311 e. The van der Waals surface area contributed by atoms with Gasteiger partial charge in [0.15, 0.2) is 5.82 Å². The monoisotopic (exact) mass is 308 g/mol. The fourth-order valence-corrected chi connectivity index (χ4v) is 3.28. The van der Waals surface area contributed by atoms with Crippen LogP contribution in [0.2, 0.25) is 0 Å². The van der Waals surface area contributed by atoms with Crippen LogP contribution in [0.5, 0.6) is 0 Å². The predicted molar refractivity (Wildman–Crippen MR) is 74.6 cm³/mol. The molecule has 2 aromatic heterocycles. The Labute approximate surface area is 125 Å². The molecule has 1 N–H and O–H groups in total. The molecule has 2 aromatic rings. The van der Waals surface area contributed by atoms with E-state index in [-0.39, 0.29) is 0 Å². The number of hydrogen-bond donors (Lipinski definition) is 1. The van der Waals surface area contributed by atoms with E-state index in [0.717, 1.165) is 29.8 Å². The third-order valence-electron chi connectivity index (χ3n) is 3.99. The maximum atomic E-state index is 11.5. The topological polar surface area (TPSA) is 107 Å². The largest absolute Gasteiger partial charge is 0.481 e. The first kappa shape index (κ1) is 14.1. The molecule has 0 radical (unpaired) electrons. The number of nitrogens with zero attached hydrogens (tertiary/aromatic N) is 6. The zero-order valence-electron chi connectivity index (χ0n) is 11.7. The molecule has 8 nitrogen and oxygen atoms in total. The van der Waals surface area contributed by atoms with Crippen molar-refractivity contribution in [2.75, 3.05) is 0 Å². The van der Waals surface area contributed by atoms with Crippen molar-refractivity contribution in [3.8, 4) is 10.7 Å². The third-order valence-corrected chi connectivity index (χ3v) is 4.76. The fourth-order valence-electron chi connectivity index (χ4n) is 2.58. The minimum absolute atomic E-state index is 0.300. The summed E-state index contributed by atoms with van der Waals surface area (Å²) in [5.74, 6) is -0.201. The van der Waals surface area contributed by atoms with Crippen LogP contribution in [0.25, 0.3) is 10.7 Å². The molecule has 0 saturated heterocycles. The molecule has 0 aliphatic heterocycles. The van der Waals surface area contributed by atoms with Crippen molar-refractivity contribution in [3.05, 3.63) is 5.69 Å². The summed E-state index contributed by atoms with van der Waals surface area (Å²) in [5, 5.41) is 25.3. The Hall–Kier alpha value is -1.90. The Morgan fingerprint density at radius 3 is 2.86 bits per heavy atom. The average Bonchev–Trinajstić information content (AvgIpc) is 3.01. The van der Waals surface area contributed by atoms with E-state index < -0.39 is 11.4 Å². The van der Waals surface area contributed by atoms with E-state index in [9.17, 15) is 9.90 Å². The van der Waals surface area contributed by atoms with Crippen molar-refractivity contribution in [3.63, 3.8) is 0 Å². The molecule has 0 unspecified atom stereocenters. The first-order chi connectivity index (χ1) is 10.2. The van der Waals surface area contributed by atoms with E-state index in [2.05, 4.69) is 32.0 Å². The number of rotatable bonds is 6. The number of tetrazole rings is 1. The molecular formula is C12H16N6O2S.